The molecule has 0 aliphatic carbocycles. The molecule has 0 saturated carbocycles. The molecule has 0 bridgehead atoms. The lowest BCUT2D eigenvalue weighted by Crippen LogP contribution is -2.21. The normalized spacial score (nSPS) is 12.2. The van der Waals surface area contributed by atoms with Gasteiger partial charge in [0, 0.05) is 29.1 Å². The highest BCUT2D eigenvalue weighted by Gasteiger charge is 2.12. The Hall–Kier alpha value is -2.71. The minimum Gasteiger partial charge on any atom is -0.307 e. The summed E-state index contributed by atoms with van der Waals surface area (Å²) in [6.07, 6.45) is 3.04. The first-order chi connectivity index (χ1) is 11.9. The summed E-state index contributed by atoms with van der Waals surface area (Å²) in [7, 11) is -3.23. The largest absolute Gasteiger partial charge is 0.307 e. The van der Waals surface area contributed by atoms with Crippen molar-refractivity contribution in [1.82, 2.24) is 24.9 Å². The van der Waals surface area contributed by atoms with Gasteiger partial charge < -0.3 is 5.10 Å². The summed E-state index contributed by atoms with van der Waals surface area (Å²) in [4.78, 5) is 9.21. The third-order valence-electron chi connectivity index (χ3n) is 4.13. The second kappa shape index (κ2) is 5.68. The van der Waals surface area contributed by atoms with Crippen molar-refractivity contribution in [2.45, 2.75) is 13.5 Å². The van der Waals surface area contributed by atoms with Crippen molar-refractivity contribution < 1.29 is 8.42 Å². The Morgan fingerprint density at radius 1 is 1.16 bits per heavy atom. The molecule has 0 aliphatic heterocycles. The predicted molar refractivity (Wildman–Crippen MR) is 97.6 cm³/mol. The number of aromatic nitrogens is 4. The zero-order chi connectivity index (χ0) is 17.6. The number of aromatic amines is 2. The number of rotatable bonds is 4. The molecule has 4 rings (SSSR count). The highest BCUT2D eigenvalue weighted by Crippen LogP contribution is 2.29. The second-order valence-electron chi connectivity index (χ2n) is 6.07. The van der Waals surface area contributed by atoms with Gasteiger partial charge in [0.1, 0.15) is 0 Å². The van der Waals surface area contributed by atoms with Crippen molar-refractivity contribution in [3.63, 3.8) is 0 Å². The molecule has 0 unspecified atom stereocenters. The lowest BCUT2D eigenvalue weighted by Gasteiger charge is -2.04. The zero-order valence-corrected chi connectivity index (χ0v) is 14.6. The molecule has 1 aromatic carbocycles. The molecule has 25 heavy (non-hydrogen) atoms. The number of pyridine rings is 1. The van der Waals surface area contributed by atoms with Gasteiger partial charge in [-0.1, -0.05) is 18.2 Å². The molecule has 3 heterocycles. The molecular weight excluding hydrogens is 338 g/mol. The van der Waals surface area contributed by atoms with Crippen LogP contribution in [-0.2, 0) is 16.6 Å². The van der Waals surface area contributed by atoms with Crippen LogP contribution in [-0.4, -0.2) is 34.8 Å². The van der Waals surface area contributed by atoms with E-state index in [0.717, 1.165) is 45.1 Å². The van der Waals surface area contributed by atoms with Gasteiger partial charge in [0.05, 0.1) is 23.2 Å². The Bertz CT molecular complexity index is 1190. The van der Waals surface area contributed by atoms with Gasteiger partial charge in [0.15, 0.2) is 5.65 Å². The monoisotopic (exact) mass is 355 g/mol. The van der Waals surface area contributed by atoms with E-state index in [9.17, 15) is 8.42 Å². The van der Waals surface area contributed by atoms with Gasteiger partial charge in [-0.15, -0.1) is 0 Å². The first-order valence-corrected chi connectivity index (χ1v) is 9.66. The quantitative estimate of drug-likeness (QED) is 0.523. The number of aryl methyl sites for hydroxylation is 1. The standard InChI is InChI=1S/C17H17N5O2S/c1-10-14-9-18-22-16(14)13-7-15(21-17(13)20-10)12-5-3-4-11(6-12)8-19-25(2,23)24/h3-7,9,18-19,22H,8H2,1-2H3. The number of sulfonamides is 1. The number of benzene rings is 1. The van der Waals surface area contributed by atoms with Crippen molar-refractivity contribution in [2.75, 3.05) is 6.26 Å². The summed E-state index contributed by atoms with van der Waals surface area (Å²) < 4.78 is 25.0. The van der Waals surface area contributed by atoms with E-state index in [1.54, 1.807) is 0 Å². The summed E-state index contributed by atoms with van der Waals surface area (Å²) in [6, 6.07) is 9.66. The molecule has 0 atom stereocenters. The van der Waals surface area contributed by atoms with E-state index in [-0.39, 0.29) is 6.54 Å². The van der Waals surface area contributed by atoms with E-state index < -0.39 is 10.0 Å². The van der Waals surface area contributed by atoms with Gasteiger partial charge in [-0.2, -0.15) is 0 Å². The fraction of sp³-hybridized carbons (Fsp3) is 0.176. The number of fused-ring (bicyclic) bond motifs is 3. The maximum atomic E-state index is 11.3. The van der Waals surface area contributed by atoms with Crippen LogP contribution in [0.4, 0.5) is 0 Å². The van der Waals surface area contributed by atoms with E-state index in [0.29, 0.717) is 5.65 Å². The van der Waals surface area contributed by atoms with Crippen molar-refractivity contribution >= 4 is 32.0 Å². The molecular formula is C17H17N5O2S. The number of hydrogen-bond donors (Lipinski definition) is 3. The van der Waals surface area contributed by atoms with E-state index >= 15 is 0 Å². The van der Waals surface area contributed by atoms with Gasteiger partial charge in [-0.3, -0.25) is 5.10 Å². The van der Waals surface area contributed by atoms with Crippen LogP contribution in [0.3, 0.4) is 0 Å². The third-order valence-corrected chi connectivity index (χ3v) is 4.79. The molecule has 4 aromatic rings. The van der Waals surface area contributed by atoms with Crippen molar-refractivity contribution in [3.8, 4) is 11.3 Å². The van der Waals surface area contributed by atoms with E-state index in [2.05, 4.69) is 24.9 Å². The Morgan fingerprint density at radius 3 is 2.80 bits per heavy atom. The van der Waals surface area contributed by atoms with Crippen LogP contribution in [0.1, 0.15) is 11.3 Å². The molecule has 0 spiro atoms. The topological polar surface area (TPSA) is 104 Å². The smallest absolute Gasteiger partial charge is 0.209 e. The van der Waals surface area contributed by atoms with Gasteiger partial charge in [0.2, 0.25) is 10.0 Å². The molecule has 3 aromatic heterocycles. The van der Waals surface area contributed by atoms with E-state index in [1.807, 2.05) is 43.5 Å². The fourth-order valence-corrected chi connectivity index (χ4v) is 3.35. The molecule has 0 aliphatic rings. The fourth-order valence-electron chi connectivity index (χ4n) is 2.92. The Labute approximate surface area is 144 Å². The van der Waals surface area contributed by atoms with Gasteiger partial charge in [-0.05, 0) is 24.6 Å². The first kappa shape index (κ1) is 15.8. The predicted octanol–water partition coefficient (Wildman–Crippen LogP) is 2.46. The summed E-state index contributed by atoms with van der Waals surface area (Å²) in [6.45, 7) is 2.20. The summed E-state index contributed by atoms with van der Waals surface area (Å²) >= 11 is 0. The molecule has 0 saturated heterocycles. The zero-order valence-electron chi connectivity index (χ0n) is 13.8. The maximum Gasteiger partial charge on any atom is 0.209 e. The van der Waals surface area contributed by atoms with Crippen molar-refractivity contribution in [1.29, 1.82) is 0 Å². The number of nitrogens with zero attached hydrogens (tertiary/aromatic N) is 2. The number of hydrogen-bond acceptors (Lipinski definition) is 4. The third kappa shape index (κ3) is 3.01. The molecule has 3 N–H and O–H groups in total. The highest BCUT2D eigenvalue weighted by molar-refractivity contribution is 7.88. The van der Waals surface area contributed by atoms with Crippen LogP contribution < -0.4 is 4.72 Å². The minimum atomic E-state index is -3.23. The van der Waals surface area contributed by atoms with Crippen molar-refractivity contribution in [3.05, 3.63) is 47.8 Å². The minimum absolute atomic E-state index is 0.250. The van der Waals surface area contributed by atoms with Crippen LogP contribution >= 0.6 is 0 Å². The number of nitrogens with one attached hydrogen (secondary N) is 3. The van der Waals surface area contributed by atoms with E-state index in [4.69, 9.17) is 0 Å². The second-order valence-corrected chi connectivity index (χ2v) is 7.90. The Morgan fingerprint density at radius 2 is 2.00 bits per heavy atom. The Kier molecular flexibility index (Phi) is 3.59. The van der Waals surface area contributed by atoms with Crippen LogP contribution in [0.25, 0.3) is 33.2 Å². The van der Waals surface area contributed by atoms with Gasteiger partial charge in [-0.25, -0.2) is 23.1 Å². The average Bonchev–Trinajstić information content (AvgIpc) is 3.19. The van der Waals surface area contributed by atoms with Crippen LogP contribution in [0.5, 0.6) is 0 Å². The van der Waals surface area contributed by atoms with Gasteiger partial charge >= 0.3 is 0 Å². The molecule has 0 amide bonds. The van der Waals surface area contributed by atoms with Crippen LogP contribution in [0.2, 0.25) is 0 Å². The van der Waals surface area contributed by atoms with Crippen LogP contribution in [0.15, 0.2) is 36.5 Å². The van der Waals surface area contributed by atoms with Crippen molar-refractivity contribution in [2.24, 2.45) is 0 Å². The summed E-state index contributed by atoms with van der Waals surface area (Å²) in [5.41, 5.74) is 5.19. The summed E-state index contributed by atoms with van der Waals surface area (Å²) in [5.74, 6) is 0. The van der Waals surface area contributed by atoms with Crippen LogP contribution in [0, 0.1) is 6.92 Å². The highest BCUT2D eigenvalue weighted by atomic mass is 32.2. The Balaban J connectivity index is 1.77. The van der Waals surface area contributed by atoms with E-state index in [1.165, 1.54) is 0 Å². The SMILES string of the molecule is Cc1nc2nc(-c3cccc(CNS(C)(=O)=O)c3)cc2c2[nH][nH]cc12. The summed E-state index contributed by atoms with van der Waals surface area (Å²) in [5, 5.41) is 8.13. The molecule has 0 fully saturated rings. The van der Waals surface area contributed by atoms with Gasteiger partial charge in [0.25, 0.3) is 0 Å². The average molecular weight is 355 g/mol. The molecule has 0 radical (unpaired) electrons. The maximum absolute atomic E-state index is 11.3. The molecule has 128 valence electrons. The lowest BCUT2D eigenvalue weighted by molar-refractivity contribution is 0.587. The lowest BCUT2D eigenvalue weighted by atomic mass is 10.1. The molecule has 7 nitrogen and oxygen atoms in total. The molecule has 8 heteroatoms. The first-order valence-electron chi connectivity index (χ1n) is 7.77. The number of H-pyrrole nitrogens is 2.